The lowest BCUT2D eigenvalue weighted by molar-refractivity contribution is -0.385. The molecule has 0 bridgehead atoms. The molecule has 23 heavy (non-hydrogen) atoms. The van der Waals surface area contributed by atoms with Crippen molar-refractivity contribution >= 4 is 11.8 Å². The van der Waals surface area contributed by atoms with Gasteiger partial charge in [-0.2, -0.15) is 0 Å². The van der Waals surface area contributed by atoms with Gasteiger partial charge < -0.3 is 19.5 Å². The number of nitro groups is 1. The fourth-order valence-electron chi connectivity index (χ4n) is 1.65. The molecule has 8 heteroatoms. The first-order chi connectivity index (χ1) is 10.7. The Kier molecular flexibility index (Phi) is 6.62. The summed E-state index contributed by atoms with van der Waals surface area (Å²) in [7, 11) is 1.46. The molecule has 8 nitrogen and oxygen atoms in total. The summed E-state index contributed by atoms with van der Waals surface area (Å²) in [5, 5.41) is 13.4. The van der Waals surface area contributed by atoms with Crippen LogP contribution < -0.4 is 14.8 Å². The number of benzene rings is 1. The van der Waals surface area contributed by atoms with E-state index in [1.54, 1.807) is 20.8 Å². The van der Waals surface area contributed by atoms with Crippen molar-refractivity contribution in [1.82, 2.24) is 5.32 Å². The molecule has 0 saturated carbocycles. The lowest BCUT2D eigenvalue weighted by atomic mass is 10.2. The van der Waals surface area contributed by atoms with Crippen LogP contribution in [-0.4, -0.2) is 36.9 Å². The number of hydrogen-bond donors (Lipinski definition) is 1. The number of ether oxygens (including phenoxy) is 3. The Hall–Kier alpha value is -2.51. The molecule has 0 fully saturated rings. The van der Waals surface area contributed by atoms with Gasteiger partial charge in [-0.15, -0.1) is 0 Å². The van der Waals surface area contributed by atoms with Gasteiger partial charge in [0, 0.05) is 12.6 Å². The second kappa shape index (κ2) is 8.21. The number of alkyl carbamates (subject to hydrolysis) is 1. The van der Waals surface area contributed by atoms with E-state index in [1.807, 2.05) is 0 Å². The van der Waals surface area contributed by atoms with E-state index in [0.29, 0.717) is 24.5 Å². The first-order valence-corrected chi connectivity index (χ1v) is 7.15. The molecule has 1 aromatic carbocycles. The molecular weight excluding hydrogens is 304 g/mol. The SMILES string of the molecule is COc1ccc([N+](=O)[O-])cc1OCCCNC(=O)OC(C)(C)C. The molecular formula is C15H22N2O6. The van der Waals surface area contributed by atoms with Gasteiger partial charge in [0.1, 0.15) is 5.60 Å². The monoisotopic (exact) mass is 326 g/mol. The van der Waals surface area contributed by atoms with Crippen LogP contribution in [0.1, 0.15) is 27.2 Å². The Morgan fingerprint density at radius 2 is 2.00 bits per heavy atom. The minimum atomic E-state index is -0.545. The zero-order chi connectivity index (χ0) is 17.5. The van der Waals surface area contributed by atoms with Crippen LogP contribution in [0.5, 0.6) is 11.5 Å². The molecule has 0 aliphatic rings. The quantitative estimate of drug-likeness (QED) is 0.470. The standard InChI is InChI=1S/C15H22N2O6/c1-15(2,3)23-14(18)16-8-5-9-22-13-10-11(17(19)20)6-7-12(13)21-4/h6-7,10H,5,8-9H2,1-4H3,(H,16,18). The van der Waals surface area contributed by atoms with Crippen LogP contribution in [0.4, 0.5) is 10.5 Å². The van der Waals surface area contributed by atoms with Crippen molar-refractivity contribution in [3.05, 3.63) is 28.3 Å². The number of nitrogens with zero attached hydrogens (tertiary/aromatic N) is 1. The zero-order valence-electron chi connectivity index (χ0n) is 13.8. The first kappa shape index (κ1) is 18.5. The largest absolute Gasteiger partial charge is 0.493 e. The van der Waals surface area contributed by atoms with Crippen molar-refractivity contribution < 1.29 is 23.9 Å². The Labute approximate surface area is 134 Å². The van der Waals surface area contributed by atoms with E-state index in [9.17, 15) is 14.9 Å². The summed E-state index contributed by atoms with van der Waals surface area (Å²) in [6, 6.07) is 4.13. The molecule has 1 amide bonds. The van der Waals surface area contributed by atoms with Gasteiger partial charge in [-0.1, -0.05) is 0 Å². The van der Waals surface area contributed by atoms with E-state index in [1.165, 1.54) is 25.3 Å². The number of non-ortho nitro benzene ring substituents is 1. The summed E-state index contributed by atoms with van der Waals surface area (Å²) in [6.45, 7) is 5.98. The third kappa shape index (κ3) is 6.86. The van der Waals surface area contributed by atoms with E-state index >= 15 is 0 Å². The van der Waals surface area contributed by atoms with E-state index in [-0.39, 0.29) is 12.3 Å². The molecule has 0 atom stereocenters. The van der Waals surface area contributed by atoms with Crippen molar-refractivity contribution in [1.29, 1.82) is 0 Å². The van der Waals surface area contributed by atoms with Crippen molar-refractivity contribution in [3.8, 4) is 11.5 Å². The molecule has 0 heterocycles. The highest BCUT2D eigenvalue weighted by atomic mass is 16.6. The zero-order valence-corrected chi connectivity index (χ0v) is 13.8. The Morgan fingerprint density at radius 3 is 2.57 bits per heavy atom. The highest BCUT2D eigenvalue weighted by Gasteiger charge is 2.15. The van der Waals surface area contributed by atoms with Gasteiger partial charge in [-0.25, -0.2) is 4.79 Å². The summed E-state index contributed by atoms with van der Waals surface area (Å²) in [6.07, 6.45) is 0.0240. The molecule has 0 aliphatic heterocycles. The maximum absolute atomic E-state index is 11.4. The van der Waals surface area contributed by atoms with Crippen LogP contribution >= 0.6 is 0 Å². The molecule has 1 N–H and O–H groups in total. The summed E-state index contributed by atoms with van der Waals surface area (Å²) in [5.41, 5.74) is -0.621. The van der Waals surface area contributed by atoms with Gasteiger partial charge in [0.2, 0.25) is 0 Å². The van der Waals surface area contributed by atoms with Crippen LogP contribution in [0.3, 0.4) is 0 Å². The molecule has 0 aromatic heterocycles. The molecule has 0 aliphatic carbocycles. The third-order valence-electron chi connectivity index (χ3n) is 2.60. The van der Waals surface area contributed by atoms with Gasteiger partial charge in [0.15, 0.2) is 11.5 Å². The average Bonchev–Trinajstić information content (AvgIpc) is 2.44. The summed E-state index contributed by atoms with van der Waals surface area (Å²) >= 11 is 0. The van der Waals surface area contributed by atoms with E-state index in [2.05, 4.69) is 5.32 Å². The van der Waals surface area contributed by atoms with E-state index in [0.717, 1.165) is 0 Å². The summed E-state index contributed by atoms with van der Waals surface area (Å²) in [4.78, 5) is 21.7. The predicted octanol–water partition coefficient (Wildman–Crippen LogP) is 2.90. The van der Waals surface area contributed by atoms with Crippen LogP contribution in [-0.2, 0) is 4.74 Å². The number of methoxy groups -OCH3 is 1. The molecule has 128 valence electrons. The van der Waals surface area contributed by atoms with Gasteiger partial charge in [0.05, 0.1) is 24.7 Å². The number of nitro benzene ring substituents is 1. The number of amides is 1. The predicted molar refractivity (Wildman–Crippen MR) is 84.0 cm³/mol. The molecule has 0 radical (unpaired) electrons. The number of carbonyl (C=O) groups excluding carboxylic acids is 1. The van der Waals surface area contributed by atoms with Gasteiger partial charge in [-0.05, 0) is 33.3 Å². The van der Waals surface area contributed by atoms with Crippen molar-refractivity contribution in [3.63, 3.8) is 0 Å². The van der Waals surface area contributed by atoms with Gasteiger partial charge in [0.25, 0.3) is 5.69 Å². The average molecular weight is 326 g/mol. The number of hydrogen-bond acceptors (Lipinski definition) is 6. The second-order valence-corrected chi connectivity index (χ2v) is 5.72. The lowest BCUT2D eigenvalue weighted by Crippen LogP contribution is -2.33. The summed E-state index contributed by atoms with van der Waals surface area (Å²) in [5.74, 6) is 0.703. The van der Waals surface area contributed by atoms with E-state index in [4.69, 9.17) is 14.2 Å². The maximum Gasteiger partial charge on any atom is 0.407 e. The molecule has 1 aromatic rings. The fourth-order valence-corrected chi connectivity index (χ4v) is 1.65. The molecule has 0 saturated heterocycles. The van der Waals surface area contributed by atoms with Crippen LogP contribution in [0.15, 0.2) is 18.2 Å². The van der Waals surface area contributed by atoms with Crippen molar-refractivity contribution in [2.24, 2.45) is 0 Å². The van der Waals surface area contributed by atoms with Gasteiger partial charge >= 0.3 is 6.09 Å². The number of rotatable bonds is 7. The smallest absolute Gasteiger partial charge is 0.407 e. The molecule has 0 unspecified atom stereocenters. The fraction of sp³-hybridized carbons (Fsp3) is 0.533. The van der Waals surface area contributed by atoms with Crippen molar-refractivity contribution in [2.75, 3.05) is 20.3 Å². The van der Waals surface area contributed by atoms with Gasteiger partial charge in [-0.3, -0.25) is 10.1 Å². The van der Waals surface area contributed by atoms with Crippen molar-refractivity contribution in [2.45, 2.75) is 32.8 Å². The van der Waals surface area contributed by atoms with Crippen LogP contribution in [0, 0.1) is 10.1 Å². The normalized spacial score (nSPS) is 10.8. The third-order valence-corrected chi connectivity index (χ3v) is 2.60. The topological polar surface area (TPSA) is 99.9 Å². The summed E-state index contributed by atoms with van der Waals surface area (Å²) < 4.78 is 15.7. The minimum Gasteiger partial charge on any atom is -0.493 e. The minimum absolute atomic E-state index is 0.0762. The van der Waals surface area contributed by atoms with E-state index < -0.39 is 16.6 Å². The highest BCUT2D eigenvalue weighted by Crippen LogP contribution is 2.31. The Balaban J connectivity index is 2.42. The molecule has 0 spiro atoms. The van der Waals surface area contributed by atoms with Crippen LogP contribution in [0.25, 0.3) is 0 Å². The maximum atomic E-state index is 11.4. The highest BCUT2D eigenvalue weighted by molar-refractivity contribution is 5.67. The molecule has 1 rings (SSSR count). The number of nitrogens with one attached hydrogen (secondary N) is 1. The second-order valence-electron chi connectivity index (χ2n) is 5.72. The Morgan fingerprint density at radius 1 is 1.30 bits per heavy atom. The first-order valence-electron chi connectivity index (χ1n) is 7.15. The van der Waals surface area contributed by atoms with Crippen LogP contribution in [0.2, 0.25) is 0 Å². The lowest BCUT2D eigenvalue weighted by Gasteiger charge is -2.19. The number of carbonyl (C=O) groups is 1. The Bertz CT molecular complexity index is 553.